The Hall–Kier alpha value is -2.03. The number of rotatable bonds is 6. The SMILES string of the molecule is Nc1c(C(=O)N2CC(O)(CNCCc3cccs3)C2)ccc(F)c1F. The third-order valence-electron chi connectivity index (χ3n) is 4.20. The molecule has 0 bridgehead atoms. The number of thiophene rings is 1. The van der Waals surface area contributed by atoms with Crippen LogP contribution >= 0.6 is 11.3 Å². The Morgan fingerprint density at radius 1 is 1.36 bits per heavy atom. The van der Waals surface area contributed by atoms with E-state index in [1.807, 2.05) is 11.4 Å². The summed E-state index contributed by atoms with van der Waals surface area (Å²) < 4.78 is 26.6. The molecule has 0 unspecified atom stereocenters. The lowest BCUT2D eigenvalue weighted by atomic mass is 9.93. The zero-order valence-corrected chi connectivity index (χ0v) is 14.3. The lowest BCUT2D eigenvalue weighted by Gasteiger charge is -2.46. The van der Waals surface area contributed by atoms with Crippen molar-refractivity contribution in [3.8, 4) is 0 Å². The Morgan fingerprint density at radius 3 is 2.80 bits per heavy atom. The molecule has 1 aromatic carbocycles. The number of anilines is 1. The number of benzene rings is 1. The Balaban J connectivity index is 1.49. The maximum absolute atomic E-state index is 13.5. The van der Waals surface area contributed by atoms with Gasteiger partial charge in [-0.2, -0.15) is 0 Å². The van der Waals surface area contributed by atoms with Gasteiger partial charge in [-0.3, -0.25) is 4.79 Å². The molecule has 1 saturated heterocycles. The minimum absolute atomic E-state index is 0.0911. The number of hydrogen-bond donors (Lipinski definition) is 3. The number of nitrogens with zero attached hydrogens (tertiary/aromatic N) is 1. The summed E-state index contributed by atoms with van der Waals surface area (Å²) in [6, 6.07) is 6.08. The number of nitrogens with two attached hydrogens (primary N) is 1. The largest absolute Gasteiger partial charge is 0.396 e. The molecule has 134 valence electrons. The second-order valence-corrected chi connectivity index (χ2v) is 7.25. The maximum atomic E-state index is 13.5. The van der Waals surface area contributed by atoms with Gasteiger partial charge in [-0.1, -0.05) is 6.07 Å². The van der Waals surface area contributed by atoms with Crippen molar-refractivity contribution in [3.05, 3.63) is 51.7 Å². The third-order valence-corrected chi connectivity index (χ3v) is 5.14. The quantitative estimate of drug-likeness (QED) is 0.536. The zero-order chi connectivity index (χ0) is 18.0. The van der Waals surface area contributed by atoms with Gasteiger partial charge in [-0.15, -0.1) is 11.3 Å². The molecular weight excluding hydrogens is 348 g/mol. The molecule has 2 aromatic rings. The first-order valence-corrected chi connectivity index (χ1v) is 8.76. The highest BCUT2D eigenvalue weighted by molar-refractivity contribution is 7.09. The van der Waals surface area contributed by atoms with E-state index in [1.165, 1.54) is 9.78 Å². The van der Waals surface area contributed by atoms with Gasteiger partial charge < -0.3 is 21.1 Å². The molecule has 1 aliphatic heterocycles. The molecule has 2 heterocycles. The lowest BCUT2D eigenvalue weighted by Crippen LogP contribution is -2.67. The van der Waals surface area contributed by atoms with Gasteiger partial charge in [-0.05, 0) is 30.0 Å². The average Bonchev–Trinajstić information content (AvgIpc) is 3.07. The number of aliphatic hydroxyl groups is 1. The summed E-state index contributed by atoms with van der Waals surface area (Å²) in [5.74, 6) is -2.83. The Labute approximate surface area is 148 Å². The average molecular weight is 367 g/mol. The predicted octanol–water partition coefficient (Wildman–Crippen LogP) is 1.63. The van der Waals surface area contributed by atoms with Crippen LogP contribution in [0.3, 0.4) is 0 Å². The van der Waals surface area contributed by atoms with Gasteiger partial charge in [0.05, 0.1) is 24.3 Å². The van der Waals surface area contributed by atoms with Crippen molar-refractivity contribution in [3.63, 3.8) is 0 Å². The highest BCUT2D eigenvalue weighted by Crippen LogP contribution is 2.26. The van der Waals surface area contributed by atoms with Crippen molar-refractivity contribution >= 4 is 22.9 Å². The topological polar surface area (TPSA) is 78.6 Å². The van der Waals surface area contributed by atoms with Gasteiger partial charge in [0.15, 0.2) is 11.6 Å². The number of hydrogen-bond acceptors (Lipinski definition) is 5. The van der Waals surface area contributed by atoms with Crippen LogP contribution in [0, 0.1) is 11.6 Å². The summed E-state index contributed by atoms with van der Waals surface area (Å²) in [6.07, 6.45) is 0.877. The first-order chi connectivity index (χ1) is 11.9. The van der Waals surface area contributed by atoms with Crippen LogP contribution < -0.4 is 11.1 Å². The van der Waals surface area contributed by atoms with Crippen LogP contribution in [0.2, 0.25) is 0 Å². The lowest BCUT2D eigenvalue weighted by molar-refractivity contribution is -0.0783. The number of likely N-dealkylation sites (tertiary alicyclic amines) is 1. The smallest absolute Gasteiger partial charge is 0.256 e. The Bertz CT molecular complexity index is 762. The minimum atomic E-state index is -1.23. The van der Waals surface area contributed by atoms with E-state index in [-0.39, 0.29) is 18.7 Å². The van der Waals surface area contributed by atoms with E-state index >= 15 is 0 Å². The van der Waals surface area contributed by atoms with Crippen molar-refractivity contribution in [1.82, 2.24) is 10.2 Å². The summed E-state index contributed by atoms with van der Waals surface area (Å²) >= 11 is 1.68. The molecule has 0 spiro atoms. The summed E-state index contributed by atoms with van der Waals surface area (Å²) in [5, 5.41) is 15.6. The van der Waals surface area contributed by atoms with Gasteiger partial charge in [0, 0.05) is 18.0 Å². The molecule has 0 atom stereocenters. The van der Waals surface area contributed by atoms with Crippen molar-refractivity contribution in [2.24, 2.45) is 0 Å². The molecule has 0 aliphatic carbocycles. The van der Waals surface area contributed by atoms with E-state index in [0.29, 0.717) is 6.54 Å². The summed E-state index contributed by atoms with van der Waals surface area (Å²) in [4.78, 5) is 14.9. The molecule has 0 radical (unpaired) electrons. The number of nitrogens with one attached hydrogen (secondary N) is 1. The van der Waals surface area contributed by atoms with Crippen LogP contribution in [0.4, 0.5) is 14.5 Å². The standard InChI is InChI=1S/C17H19F2N3O2S/c18-13-4-3-12(15(20)14(13)19)16(23)22-9-17(24,10-22)8-21-6-5-11-2-1-7-25-11/h1-4,7,21,24H,5-6,8-10,20H2. The molecule has 0 saturated carbocycles. The summed E-state index contributed by atoms with van der Waals surface area (Å²) in [7, 11) is 0. The molecular formula is C17H19F2N3O2S. The summed E-state index contributed by atoms with van der Waals surface area (Å²) in [5.41, 5.74) is 3.87. The van der Waals surface area contributed by atoms with E-state index in [4.69, 9.17) is 5.73 Å². The fraction of sp³-hybridized carbons (Fsp3) is 0.353. The maximum Gasteiger partial charge on any atom is 0.256 e. The van der Waals surface area contributed by atoms with E-state index < -0.39 is 28.8 Å². The van der Waals surface area contributed by atoms with Crippen LogP contribution in [0.5, 0.6) is 0 Å². The second-order valence-electron chi connectivity index (χ2n) is 6.21. The van der Waals surface area contributed by atoms with Crippen molar-refractivity contribution in [2.45, 2.75) is 12.0 Å². The van der Waals surface area contributed by atoms with Crippen LogP contribution in [0.15, 0.2) is 29.6 Å². The Morgan fingerprint density at radius 2 is 2.12 bits per heavy atom. The molecule has 1 aliphatic rings. The fourth-order valence-electron chi connectivity index (χ4n) is 2.83. The molecule has 25 heavy (non-hydrogen) atoms. The third kappa shape index (κ3) is 3.81. The second kappa shape index (κ2) is 7.07. The fourth-order valence-corrected chi connectivity index (χ4v) is 3.54. The summed E-state index contributed by atoms with van der Waals surface area (Å²) in [6.45, 7) is 1.33. The highest BCUT2D eigenvalue weighted by Gasteiger charge is 2.43. The van der Waals surface area contributed by atoms with Gasteiger partial charge in [0.25, 0.3) is 5.91 Å². The van der Waals surface area contributed by atoms with E-state index in [2.05, 4.69) is 11.4 Å². The van der Waals surface area contributed by atoms with Crippen molar-refractivity contribution in [1.29, 1.82) is 0 Å². The van der Waals surface area contributed by atoms with Gasteiger partial charge in [0.2, 0.25) is 0 Å². The number of nitrogen functional groups attached to an aromatic ring is 1. The zero-order valence-electron chi connectivity index (χ0n) is 13.5. The monoisotopic (exact) mass is 367 g/mol. The van der Waals surface area contributed by atoms with Gasteiger partial charge >= 0.3 is 0 Å². The normalized spacial score (nSPS) is 15.9. The number of halogens is 2. The van der Waals surface area contributed by atoms with E-state index in [9.17, 15) is 18.7 Å². The van der Waals surface area contributed by atoms with Crippen molar-refractivity contribution < 1.29 is 18.7 Å². The number of amides is 1. The molecule has 8 heteroatoms. The molecule has 1 fully saturated rings. The van der Waals surface area contributed by atoms with Gasteiger partial charge in [0.1, 0.15) is 5.60 Å². The van der Waals surface area contributed by atoms with Crippen molar-refractivity contribution in [2.75, 3.05) is 31.9 Å². The number of carbonyl (C=O) groups is 1. The molecule has 3 rings (SSSR count). The predicted molar refractivity (Wildman–Crippen MR) is 92.5 cm³/mol. The van der Waals surface area contributed by atoms with Crippen LogP contribution in [0.1, 0.15) is 15.2 Å². The minimum Gasteiger partial charge on any atom is -0.396 e. The Kier molecular flexibility index (Phi) is 5.03. The van der Waals surface area contributed by atoms with Crippen LogP contribution in [0.25, 0.3) is 0 Å². The number of carbonyl (C=O) groups excluding carboxylic acids is 1. The van der Waals surface area contributed by atoms with E-state index in [0.717, 1.165) is 25.1 Å². The molecule has 1 aromatic heterocycles. The first-order valence-electron chi connectivity index (χ1n) is 7.88. The van der Waals surface area contributed by atoms with Crippen LogP contribution in [-0.4, -0.2) is 47.7 Å². The highest BCUT2D eigenvalue weighted by atomic mass is 32.1. The molecule has 5 nitrogen and oxygen atoms in total. The van der Waals surface area contributed by atoms with Crippen LogP contribution in [-0.2, 0) is 6.42 Å². The first kappa shape index (κ1) is 17.8. The van der Waals surface area contributed by atoms with Gasteiger partial charge in [-0.25, -0.2) is 8.78 Å². The molecule has 1 amide bonds. The molecule has 4 N–H and O–H groups in total. The number of β-amino-alcohol motifs (C(OH)–C–C–N with tert-alkyl or cyclic N) is 1. The van der Waals surface area contributed by atoms with E-state index in [1.54, 1.807) is 11.3 Å².